The molecule has 0 radical (unpaired) electrons. The number of aliphatic hydroxyl groups excluding tert-OH is 1. The SMILES string of the molecule is OC(c1cc2ccccc2o1)c1ccc(Cl)cc1F. The maximum absolute atomic E-state index is 13.8. The molecule has 1 N–H and O–H groups in total. The summed E-state index contributed by atoms with van der Waals surface area (Å²) in [5.74, 6) is -0.247. The largest absolute Gasteiger partial charge is 0.458 e. The van der Waals surface area contributed by atoms with Gasteiger partial charge < -0.3 is 9.52 Å². The Bertz CT molecular complexity index is 703. The number of fused-ring (bicyclic) bond motifs is 1. The second-order valence-corrected chi connectivity index (χ2v) is 4.69. The van der Waals surface area contributed by atoms with E-state index >= 15 is 0 Å². The maximum atomic E-state index is 13.8. The highest BCUT2D eigenvalue weighted by Crippen LogP contribution is 2.30. The van der Waals surface area contributed by atoms with Crippen LogP contribution in [0.3, 0.4) is 0 Å². The van der Waals surface area contributed by atoms with Crippen LogP contribution >= 0.6 is 11.6 Å². The number of halogens is 2. The summed E-state index contributed by atoms with van der Waals surface area (Å²) in [7, 11) is 0. The molecule has 3 rings (SSSR count). The average molecular weight is 277 g/mol. The Hall–Kier alpha value is -1.84. The standard InChI is InChI=1S/C15H10ClFO2/c16-10-5-6-11(12(17)8-10)15(18)14-7-9-3-1-2-4-13(9)19-14/h1-8,15,18H. The van der Waals surface area contributed by atoms with Crippen LogP contribution in [0.25, 0.3) is 11.0 Å². The molecule has 1 unspecified atom stereocenters. The average Bonchev–Trinajstić information content (AvgIpc) is 2.81. The number of hydrogen-bond acceptors (Lipinski definition) is 2. The molecular formula is C15H10ClFO2. The Balaban J connectivity index is 2.05. The lowest BCUT2D eigenvalue weighted by Gasteiger charge is -2.09. The van der Waals surface area contributed by atoms with Gasteiger partial charge in [0.25, 0.3) is 0 Å². The van der Waals surface area contributed by atoms with Crippen molar-refractivity contribution in [1.29, 1.82) is 0 Å². The highest BCUT2D eigenvalue weighted by Gasteiger charge is 2.19. The van der Waals surface area contributed by atoms with Gasteiger partial charge in [-0.1, -0.05) is 35.9 Å². The lowest BCUT2D eigenvalue weighted by molar-refractivity contribution is 0.187. The van der Waals surface area contributed by atoms with Gasteiger partial charge in [-0.15, -0.1) is 0 Å². The van der Waals surface area contributed by atoms with Crippen LogP contribution in [0.5, 0.6) is 0 Å². The quantitative estimate of drug-likeness (QED) is 0.757. The molecule has 2 nitrogen and oxygen atoms in total. The Morgan fingerprint density at radius 2 is 1.89 bits per heavy atom. The molecule has 1 heterocycles. The van der Waals surface area contributed by atoms with Gasteiger partial charge in [-0.3, -0.25) is 0 Å². The van der Waals surface area contributed by atoms with Crippen LogP contribution in [0.15, 0.2) is 52.9 Å². The highest BCUT2D eigenvalue weighted by atomic mass is 35.5. The smallest absolute Gasteiger partial charge is 0.139 e. The lowest BCUT2D eigenvalue weighted by Crippen LogP contribution is -2.01. The number of furan rings is 1. The molecule has 1 atom stereocenters. The van der Waals surface area contributed by atoms with Gasteiger partial charge >= 0.3 is 0 Å². The topological polar surface area (TPSA) is 33.4 Å². The van der Waals surface area contributed by atoms with E-state index in [-0.39, 0.29) is 10.6 Å². The van der Waals surface area contributed by atoms with Crippen LogP contribution in [0.2, 0.25) is 5.02 Å². The third-order valence-corrected chi connectivity index (χ3v) is 3.21. The molecule has 2 aromatic carbocycles. The van der Waals surface area contributed by atoms with Gasteiger partial charge in [-0.25, -0.2) is 4.39 Å². The van der Waals surface area contributed by atoms with E-state index in [4.69, 9.17) is 16.0 Å². The fourth-order valence-electron chi connectivity index (χ4n) is 2.01. The first-order chi connectivity index (χ1) is 9.15. The van der Waals surface area contributed by atoms with Crippen LogP contribution in [0.4, 0.5) is 4.39 Å². The molecule has 0 saturated heterocycles. The summed E-state index contributed by atoms with van der Waals surface area (Å²) >= 11 is 5.69. The number of hydrogen-bond donors (Lipinski definition) is 1. The molecule has 0 aliphatic rings. The van der Waals surface area contributed by atoms with Gasteiger partial charge in [0.15, 0.2) is 0 Å². The van der Waals surface area contributed by atoms with E-state index in [0.29, 0.717) is 11.3 Å². The monoisotopic (exact) mass is 276 g/mol. The first-order valence-corrected chi connectivity index (χ1v) is 6.14. The van der Waals surface area contributed by atoms with Crippen LogP contribution in [0, 0.1) is 5.82 Å². The van der Waals surface area contributed by atoms with Gasteiger partial charge in [0, 0.05) is 16.0 Å². The minimum Gasteiger partial charge on any atom is -0.458 e. The minimum absolute atomic E-state index is 0.142. The van der Waals surface area contributed by atoms with E-state index < -0.39 is 11.9 Å². The Morgan fingerprint density at radius 3 is 2.63 bits per heavy atom. The van der Waals surface area contributed by atoms with Crippen molar-refractivity contribution in [3.63, 3.8) is 0 Å². The lowest BCUT2D eigenvalue weighted by atomic mass is 10.1. The van der Waals surface area contributed by atoms with Gasteiger partial charge in [0.2, 0.25) is 0 Å². The van der Waals surface area contributed by atoms with E-state index in [1.54, 1.807) is 12.1 Å². The second-order valence-electron chi connectivity index (χ2n) is 4.25. The first-order valence-electron chi connectivity index (χ1n) is 5.76. The van der Waals surface area contributed by atoms with Crippen LogP contribution in [0.1, 0.15) is 17.4 Å². The maximum Gasteiger partial charge on any atom is 0.139 e. The Morgan fingerprint density at radius 1 is 1.11 bits per heavy atom. The molecule has 0 bridgehead atoms. The van der Waals surface area contributed by atoms with Gasteiger partial charge in [0.05, 0.1) is 0 Å². The van der Waals surface area contributed by atoms with Gasteiger partial charge in [0.1, 0.15) is 23.3 Å². The summed E-state index contributed by atoms with van der Waals surface area (Å²) in [6, 6.07) is 13.2. The highest BCUT2D eigenvalue weighted by molar-refractivity contribution is 6.30. The van der Waals surface area contributed by atoms with Crippen molar-refractivity contribution in [2.24, 2.45) is 0 Å². The summed E-state index contributed by atoms with van der Waals surface area (Å²) in [6.45, 7) is 0. The number of aliphatic hydroxyl groups is 1. The molecule has 0 amide bonds. The molecule has 4 heteroatoms. The van der Waals surface area contributed by atoms with Gasteiger partial charge in [-0.05, 0) is 24.3 Å². The van der Waals surface area contributed by atoms with Crippen molar-refractivity contribution < 1.29 is 13.9 Å². The molecule has 3 aromatic rings. The third kappa shape index (κ3) is 2.23. The summed E-state index contributed by atoms with van der Waals surface area (Å²) in [4.78, 5) is 0. The molecule has 0 spiro atoms. The fourth-order valence-corrected chi connectivity index (χ4v) is 2.17. The van der Waals surface area contributed by atoms with Crippen LogP contribution in [-0.2, 0) is 0 Å². The number of para-hydroxylation sites is 1. The van der Waals surface area contributed by atoms with Crippen LogP contribution in [-0.4, -0.2) is 5.11 Å². The molecule has 0 aliphatic carbocycles. The molecule has 0 aliphatic heterocycles. The second kappa shape index (κ2) is 4.68. The van der Waals surface area contributed by atoms with Crippen molar-refractivity contribution in [3.8, 4) is 0 Å². The number of benzene rings is 2. The molecule has 19 heavy (non-hydrogen) atoms. The third-order valence-electron chi connectivity index (χ3n) is 2.97. The van der Waals surface area contributed by atoms with Crippen LogP contribution < -0.4 is 0 Å². The fraction of sp³-hybridized carbons (Fsp3) is 0.0667. The molecule has 1 aromatic heterocycles. The summed E-state index contributed by atoms with van der Waals surface area (Å²) < 4.78 is 19.3. The van der Waals surface area contributed by atoms with Crippen molar-refractivity contribution in [2.45, 2.75) is 6.10 Å². The summed E-state index contributed by atoms with van der Waals surface area (Å²) in [5.41, 5.74) is 0.800. The van der Waals surface area contributed by atoms with Crippen molar-refractivity contribution in [1.82, 2.24) is 0 Å². The number of rotatable bonds is 2. The van der Waals surface area contributed by atoms with E-state index in [1.807, 2.05) is 18.2 Å². The van der Waals surface area contributed by atoms with E-state index in [1.165, 1.54) is 18.2 Å². The predicted molar refractivity (Wildman–Crippen MR) is 71.7 cm³/mol. The zero-order valence-corrected chi connectivity index (χ0v) is 10.6. The van der Waals surface area contributed by atoms with Crippen molar-refractivity contribution in [3.05, 3.63) is 70.7 Å². The zero-order chi connectivity index (χ0) is 13.4. The minimum atomic E-state index is -1.15. The van der Waals surface area contributed by atoms with E-state index in [2.05, 4.69) is 0 Å². The Labute approximate surface area is 114 Å². The van der Waals surface area contributed by atoms with E-state index in [0.717, 1.165) is 5.39 Å². The normalized spacial score (nSPS) is 12.8. The predicted octanol–water partition coefficient (Wildman–Crippen LogP) is 4.31. The van der Waals surface area contributed by atoms with E-state index in [9.17, 15) is 9.50 Å². The van der Waals surface area contributed by atoms with Gasteiger partial charge in [-0.2, -0.15) is 0 Å². The summed E-state index contributed by atoms with van der Waals surface area (Å²) in [6.07, 6.45) is -1.15. The van der Waals surface area contributed by atoms with Crippen molar-refractivity contribution >= 4 is 22.6 Å². The Kier molecular flexibility index (Phi) is 3.01. The molecular weight excluding hydrogens is 267 g/mol. The zero-order valence-electron chi connectivity index (χ0n) is 9.81. The molecule has 0 fully saturated rings. The molecule has 96 valence electrons. The first kappa shape index (κ1) is 12.2. The molecule has 0 saturated carbocycles. The summed E-state index contributed by atoms with van der Waals surface area (Å²) in [5, 5.41) is 11.3. The van der Waals surface area contributed by atoms with Crippen molar-refractivity contribution in [2.75, 3.05) is 0 Å².